The molecule has 1 spiro atoms. The maximum atomic E-state index is 7.25. The number of fused-ring (bicyclic) bond motifs is 1. The summed E-state index contributed by atoms with van der Waals surface area (Å²) in [4.78, 5) is 0. The summed E-state index contributed by atoms with van der Waals surface area (Å²) in [5.41, 5.74) is 1.82. The van der Waals surface area contributed by atoms with Crippen LogP contribution in [0.3, 0.4) is 0 Å². The van der Waals surface area contributed by atoms with Crippen molar-refractivity contribution in [2.45, 2.75) is 121 Å². The molecule has 2 aliphatic heterocycles. The first-order chi connectivity index (χ1) is 11.5. The number of hydrogen-bond acceptors (Lipinski definition) is 2. The molecule has 0 aromatic carbocycles. The molecule has 2 bridgehead atoms. The Morgan fingerprint density at radius 3 is 2.04 bits per heavy atom. The first-order valence-corrected chi connectivity index (χ1v) is 12.7. The number of rotatable bonds is 5. The van der Waals surface area contributed by atoms with Gasteiger partial charge in [0.2, 0.25) is 8.32 Å². The van der Waals surface area contributed by atoms with Gasteiger partial charge in [-0.25, -0.2) is 0 Å². The fourth-order valence-electron chi connectivity index (χ4n) is 6.49. The molecule has 0 radical (unpaired) electrons. The Labute approximate surface area is 156 Å². The molecule has 1 saturated heterocycles. The molecule has 1 aliphatic carbocycles. The fraction of sp³-hybridized carbons (Fsp3) is 0.909. The lowest BCUT2D eigenvalue weighted by Crippen LogP contribution is -2.53. The van der Waals surface area contributed by atoms with E-state index in [1.807, 2.05) is 0 Å². The van der Waals surface area contributed by atoms with E-state index in [-0.39, 0.29) is 22.7 Å². The predicted molar refractivity (Wildman–Crippen MR) is 108 cm³/mol. The van der Waals surface area contributed by atoms with Crippen molar-refractivity contribution in [3.63, 3.8) is 0 Å². The Morgan fingerprint density at radius 1 is 0.920 bits per heavy atom. The standard InChI is InChI=1S/C22H40O2Si/c1-16(2)25(17(3)4,18(5)6)23-19-15-22-12-10-9-11-20(22,7)13-14-21(19,8)24-22/h13-14,16-19H,9-12,15H2,1-8H3/t19-,20-,21+,22+/m1/s1. The van der Waals surface area contributed by atoms with Gasteiger partial charge in [0.1, 0.15) is 5.60 Å². The van der Waals surface area contributed by atoms with Crippen molar-refractivity contribution in [2.24, 2.45) is 5.41 Å². The minimum absolute atomic E-state index is 0.00446. The van der Waals surface area contributed by atoms with E-state index in [9.17, 15) is 0 Å². The Kier molecular flexibility index (Phi) is 4.87. The van der Waals surface area contributed by atoms with Crippen LogP contribution >= 0.6 is 0 Å². The molecule has 0 amide bonds. The van der Waals surface area contributed by atoms with Crippen molar-refractivity contribution in [1.29, 1.82) is 0 Å². The molecule has 1 saturated carbocycles. The SMILES string of the molecule is CC(C)[Si](O[C@@H]1C[C@@]23CCCC[C@]2(C)C=C[C@]1(C)O3)(C(C)C)C(C)C. The van der Waals surface area contributed by atoms with Crippen LogP contribution in [0.15, 0.2) is 12.2 Å². The Bertz CT molecular complexity index is 518. The van der Waals surface area contributed by atoms with Gasteiger partial charge in [-0.2, -0.15) is 0 Å². The van der Waals surface area contributed by atoms with Gasteiger partial charge in [0.05, 0.1) is 11.7 Å². The molecule has 0 unspecified atom stereocenters. The second-order valence-electron chi connectivity index (χ2n) is 10.4. The van der Waals surface area contributed by atoms with Gasteiger partial charge in [0, 0.05) is 11.8 Å². The average Bonchev–Trinajstić information content (AvgIpc) is 2.74. The van der Waals surface area contributed by atoms with Gasteiger partial charge in [-0.05, 0) is 36.4 Å². The molecule has 3 rings (SSSR count). The molecule has 2 nitrogen and oxygen atoms in total. The van der Waals surface area contributed by atoms with Crippen LogP contribution in [0.2, 0.25) is 16.6 Å². The summed E-state index contributed by atoms with van der Waals surface area (Å²) in [6.07, 6.45) is 11.2. The summed E-state index contributed by atoms with van der Waals surface area (Å²) in [5.74, 6) is 0. The van der Waals surface area contributed by atoms with Crippen LogP contribution in [-0.2, 0) is 9.16 Å². The summed E-state index contributed by atoms with van der Waals surface area (Å²) in [5, 5.41) is 0. The highest BCUT2D eigenvalue weighted by Gasteiger charge is 2.64. The van der Waals surface area contributed by atoms with Gasteiger partial charge >= 0.3 is 0 Å². The zero-order chi connectivity index (χ0) is 18.7. The van der Waals surface area contributed by atoms with Crippen LogP contribution in [0, 0.1) is 5.41 Å². The topological polar surface area (TPSA) is 18.5 Å². The van der Waals surface area contributed by atoms with Gasteiger partial charge in [0.25, 0.3) is 0 Å². The minimum Gasteiger partial charge on any atom is -0.410 e. The first kappa shape index (κ1) is 19.6. The van der Waals surface area contributed by atoms with E-state index >= 15 is 0 Å². The normalized spacial score (nSPS) is 41.0. The van der Waals surface area contributed by atoms with Gasteiger partial charge < -0.3 is 9.16 Å². The highest BCUT2D eigenvalue weighted by Crippen LogP contribution is 2.61. The Hall–Kier alpha value is -0.123. The molecule has 2 heterocycles. The second kappa shape index (κ2) is 6.20. The van der Waals surface area contributed by atoms with E-state index in [0.717, 1.165) is 6.42 Å². The molecular weight excluding hydrogens is 324 g/mol. The summed E-state index contributed by atoms with van der Waals surface area (Å²) in [6, 6.07) is 0. The van der Waals surface area contributed by atoms with E-state index in [1.54, 1.807) is 0 Å². The molecule has 0 aromatic heterocycles. The van der Waals surface area contributed by atoms with Crippen molar-refractivity contribution < 1.29 is 9.16 Å². The summed E-state index contributed by atoms with van der Waals surface area (Å²) < 4.78 is 14.1. The second-order valence-corrected chi connectivity index (χ2v) is 15.8. The summed E-state index contributed by atoms with van der Waals surface area (Å²) in [6.45, 7) is 19.0. The van der Waals surface area contributed by atoms with Gasteiger partial charge in [-0.3, -0.25) is 0 Å². The van der Waals surface area contributed by atoms with Gasteiger partial charge in [0.15, 0.2) is 0 Å². The molecule has 4 atom stereocenters. The predicted octanol–water partition coefficient (Wildman–Crippen LogP) is 6.62. The van der Waals surface area contributed by atoms with Crippen LogP contribution < -0.4 is 0 Å². The lowest BCUT2D eigenvalue weighted by Gasteiger charge is -2.51. The Morgan fingerprint density at radius 2 is 1.48 bits per heavy atom. The van der Waals surface area contributed by atoms with Crippen LogP contribution in [0.25, 0.3) is 0 Å². The molecule has 25 heavy (non-hydrogen) atoms. The van der Waals surface area contributed by atoms with Gasteiger partial charge in [-0.1, -0.05) is 73.5 Å². The third-order valence-electron chi connectivity index (χ3n) is 7.97. The van der Waals surface area contributed by atoms with E-state index in [2.05, 4.69) is 67.5 Å². The van der Waals surface area contributed by atoms with Crippen molar-refractivity contribution in [2.75, 3.05) is 0 Å². The lowest BCUT2D eigenvalue weighted by atomic mass is 9.63. The summed E-state index contributed by atoms with van der Waals surface area (Å²) in [7, 11) is -1.90. The Balaban J connectivity index is 1.96. The molecule has 144 valence electrons. The van der Waals surface area contributed by atoms with Crippen molar-refractivity contribution in [3.8, 4) is 0 Å². The maximum absolute atomic E-state index is 7.25. The lowest BCUT2D eigenvalue weighted by molar-refractivity contribution is -0.161. The molecule has 3 aliphatic rings. The van der Waals surface area contributed by atoms with Gasteiger partial charge in [-0.15, -0.1) is 0 Å². The van der Waals surface area contributed by atoms with Crippen molar-refractivity contribution >= 4 is 8.32 Å². The highest BCUT2D eigenvalue weighted by molar-refractivity contribution is 6.77. The van der Waals surface area contributed by atoms with Crippen molar-refractivity contribution in [1.82, 2.24) is 0 Å². The zero-order valence-electron chi connectivity index (χ0n) is 17.8. The first-order valence-electron chi connectivity index (χ1n) is 10.6. The third kappa shape index (κ3) is 2.71. The smallest absolute Gasteiger partial charge is 0.200 e. The maximum Gasteiger partial charge on any atom is 0.200 e. The van der Waals surface area contributed by atoms with E-state index < -0.39 is 8.32 Å². The fourth-order valence-corrected chi connectivity index (χ4v) is 12.1. The summed E-state index contributed by atoms with van der Waals surface area (Å²) >= 11 is 0. The number of hydrogen-bond donors (Lipinski definition) is 0. The number of ether oxygens (including phenoxy) is 1. The highest BCUT2D eigenvalue weighted by atomic mass is 28.4. The third-order valence-corrected chi connectivity index (χ3v) is 14.1. The molecule has 0 N–H and O–H groups in total. The average molecular weight is 365 g/mol. The zero-order valence-corrected chi connectivity index (χ0v) is 18.8. The van der Waals surface area contributed by atoms with Crippen LogP contribution in [0.4, 0.5) is 0 Å². The quantitative estimate of drug-likeness (QED) is 0.403. The monoisotopic (exact) mass is 364 g/mol. The molecule has 0 aromatic rings. The van der Waals surface area contributed by atoms with Crippen LogP contribution in [0.5, 0.6) is 0 Å². The molecule has 2 fully saturated rings. The molecule has 3 heteroatoms. The van der Waals surface area contributed by atoms with Crippen LogP contribution in [0.1, 0.15) is 87.5 Å². The van der Waals surface area contributed by atoms with E-state index in [0.29, 0.717) is 16.6 Å². The molecular formula is C22H40O2Si. The van der Waals surface area contributed by atoms with E-state index in [4.69, 9.17) is 9.16 Å². The van der Waals surface area contributed by atoms with E-state index in [1.165, 1.54) is 25.7 Å². The van der Waals surface area contributed by atoms with Crippen LogP contribution in [-0.4, -0.2) is 25.6 Å². The minimum atomic E-state index is -1.90. The largest absolute Gasteiger partial charge is 0.410 e. The van der Waals surface area contributed by atoms with Crippen molar-refractivity contribution in [3.05, 3.63) is 12.2 Å².